The van der Waals surface area contributed by atoms with Gasteiger partial charge >= 0.3 is 8.80 Å². The Kier molecular flexibility index (Phi) is 12.2. The van der Waals surface area contributed by atoms with E-state index in [-0.39, 0.29) is 5.24 Å². The SMILES string of the molecule is CO[Si](CCCSSSSC(=O)N(C)C)(OC)OC. The van der Waals surface area contributed by atoms with Gasteiger partial charge in [-0.05, 0) is 26.1 Å². The van der Waals surface area contributed by atoms with Crippen molar-refractivity contribution in [3.8, 4) is 0 Å². The van der Waals surface area contributed by atoms with Gasteiger partial charge in [0.05, 0.1) is 0 Å². The Morgan fingerprint density at radius 3 is 2.16 bits per heavy atom. The molecule has 0 fully saturated rings. The summed E-state index contributed by atoms with van der Waals surface area (Å²) in [5.74, 6) is 0.971. The van der Waals surface area contributed by atoms with E-state index in [1.54, 1.807) is 60.9 Å². The minimum Gasteiger partial charge on any atom is -0.377 e. The van der Waals surface area contributed by atoms with E-state index in [0.29, 0.717) is 0 Å². The molecule has 0 rings (SSSR count). The second kappa shape index (κ2) is 11.6. The molecule has 114 valence electrons. The van der Waals surface area contributed by atoms with Crippen LogP contribution in [-0.4, -0.2) is 60.1 Å². The van der Waals surface area contributed by atoms with Crippen molar-refractivity contribution in [2.24, 2.45) is 0 Å². The first-order chi connectivity index (χ1) is 9.01. The Morgan fingerprint density at radius 2 is 1.68 bits per heavy atom. The molecule has 0 aliphatic rings. The highest BCUT2D eigenvalue weighted by molar-refractivity contribution is 9.27. The maximum absolute atomic E-state index is 11.3. The summed E-state index contributed by atoms with van der Waals surface area (Å²) < 4.78 is 16.0. The van der Waals surface area contributed by atoms with Crippen LogP contribution in [0.1, 0.15) is 6.42 Å². The van der Waals surface area contributed by atoms with Crippen LogP contribution in [0.15, 0.2) is 0 Å². The standard InChI is InChI=1S/C9H21NO4S4Si/c1-10(2)9(11)16-18-17-15-7-6-8-19(12-3,13-4)14-5/h6-8H2,1-5H3. The molecule has 0 aromatic heterocycles. The molecule has 5 nitrogen and oxygen atoms in total. The summed E-state index contributed by atoms with van der Waals surface area (Å²) in [5, 5.41) is 0.0580. The zero-order valence-corrected chi connectivity index (χ0v) is 16.1. The van der Waals surface area contributed by atoms with E-state index < -0.39 is 8.80 Å². The van der Waals surface area contributed by atoms with Crippen molar-refractivity contribution in [2.75, 3.05) is 41.2 Å². The lowest BCUT2D eigenvalue weighted by atomic mass is 10.6. The number of carbonyl (C=O) groups is 1. The second-order valence-corrected chi connectivity index (χ2v) is 12.6. The lowest BCUT2D eigenvalue weighted by molar-refractivity contribution is 0.123. The number of nitrogens with zero attached hydrogens (tertiary/aromatic N) is 1. The number of amides is 1. The fourth-order valence-electron chi connectivity index (χ4n) is 1.07. The van der Waals surface area contributed by atoms with Crippen LogP contribution in [0.25, 0.3) is 0 Å². The van der Waals surface area contributed by atoms with E-state index in [9.17, 15) is 4.79 Å². The van der Waals surface area contributed by atoms with Crippen LogP contribution in [0, 0.1) is 0 Å². The number of carbonyl (C=O) groups excluding carboxylic acids is 1. The molecule has 1 amide bonds. The van der Waals surface area contributed by atoms with Crippen LogP contribution in [0.4, 0.5) is 4.79 Å². The van der Waals surface area contributed by atoms with Gasteiger partial charge in [0.2, 0.25) is 0 Å². The normalized spacial score (nSPS) is 11.6. The Balaban J connectivity index is 3.57. The van der Waals surface area contributed by atoms with Crippen molar-refractivity contribution in [3.05, 3.63) is 0 Å². The van der Waals surface area contributed by atoms with Gasteiger partial charge in [-0.1, -0.05) is 10.8 Å². The average Bonchev–Trinajstić information content (AvgIpc) is 2.42. The molecule has 0 aromatic rings. The molecule has 0 aliphatic heterocycles. The summed E-state index contributed by atoms with van der Waals surface area (Å²) in [4.78, 5) is 12.8. The first-order valence-electron chi connectivity index (χ1n) is 5.51. The Labute approximate surface area is 131 Å². The molecule has 0 aromatic carbocycles. The van der Waals surface area contributed by atoms with Crippen LogP contribution >= 0.6 is 41.2 Å². The molecule has 10 heteroatoms. The highest BCUT2D eigenvalue weighted by Gasteiger charge is 2.36. The molecule has 0 radical (unpaired) electrons. The molecule has 19 heavy (non-hydrogen) atoms. The zero-order chi connectivity index (χ0) is 14.7. The smallest absolute Gasteiger partial charge is 0.377 e. The third kappa shape index (κ3) is 8.76. The van der Waals surface area contributed by atoms with Crippen molar-refractivity contribution in [3.63, 3.8) is 0 Å². The predicted octanol–water partition coefficient (Wildman–Crippen LogP) is 3.61. The molecule has 0 aliphatic carbocycles. The van der Waals surface area contributed by atoms with Gasteiger partial charge in [0.1, 0.15) is 0 Å². The Bertz CT molecular complexity index is 248. The molecule has 0 N–H and O–H groups in total. The molecular weight excluding hydrogens is 342 g/mol. The first-order valence-corrected chi connectivity index (χ1v) is 12.4. The van der Waals surface area contributed by atoms with Crippen molar-refractivity contribution in [1.82, 2.24) is 4.90 Å². The van der Waals surface area contributed by atoms with Gasteiger partial charge in [0.15, 0.2) is 0 Å². The zero-order valence-electron chi connectivity index (χ0n) is 11.8. The van der Waals surface area contributed by atoms with Gasteiger partial charge in [-0.3, -0.25) is 4.79 Å². The molecule has 0 heterocycles. The van der Waals surface area contributed by atoms with Crippen LogP contribution in [0.3, 0.4) is 0 Å². The predicted molar refractivity (Wildman–Crippen MR) is 90.5 cm³/mol. The van der Waals surface area contributed by atoms with E-state index in [0.717, 1.165) is 18.2 Å². The summed E-state index contributed by atoms with van der Waals surface area (Å²) in [5.41, 5.74) is 0. The molecule has 0 saturated heterocycles. The van der Waals surface area contributed by atoms with E-state index in [4.69, 9.17) is 13.3 Å². The van der Waals surface area contributed by atoms with Gasteiger partial charge in [0, 0.05) is 58.0 Å². The Hall–Kier alpha value is 0.967. The van der Waals surface area contributed by atoms with Crippen molar-refractivity contribution in [2.45, 2.75) is 12.5 Å². The van der Waals surface area contributed by atoms with Gasteiger partial charge in [0.25, 0.3) is 5.24 Å². The molecule has 0 unspecified atom stereocenters. The first kappa shape index (κ1) is 20.0. The minimum atomic E-state index is -2.41. The van der Waals surface area contributed by atoms with Crippen LogP contribution in [0.5, 0.6) is 0 Å². The van der Waals surface area contributed by atoms with E-state index in [1.807, 2.05) is 0 Å². The summed E-state index contributed by atoms with van der Waals surface area (Å²) in [6, 6.07) is 0.804. The fourth-order valence-corrected chi connectivity index (χ4v) is 8.59. The van der Waals surface area contributed by atoms with E-state index >= 15 is 0 Å². The lowest BCUT2D eigenvalue weighted by Crippen LogP contribution is -2.42. The summed E-state index contributed by atoms with van der Waals surface area (Å²) in [7, 11) is 12.0. The fraction of sp³-hybridized carbons (Fsp3) is 0.889. The maximum Gasteiger partial charge on any atom is 0.500 e. The number of hydrogen-bond donors (Lipinski definition) is 0. The monoisotopic (exact) mass is 363 g/mol. The number of rotatable bonds is 10. The van der Waals surface area contributed by atoms with E-state index in [2.05, 4.69) is 0 Å². The minimum absolute atomic E-state index is 0.0580. The van der Waals surface area contributed by atoms with Crippen LogP contribution < -0.4 is 0 Å². The van der Waals surface area contributed by atoms with Gasteiger partial charge in [-0.2, -0.15) is 0 Å². The maximum atomic E-state index is 11.3. The van der Waals surface area contributed by atoms with Gasteiger partial charge in [-0.25, -0.2) is 0 Å². The summed E-state index contributed by atoms with van der Waals surface area (Å²) in [6.07, 6.45) is 0.965. The molecule has 0 spiro atoms. The quantitative estimate of drug-likeness (QED) is 0.331. The lowest BCUT2D eigenvalue weighted by Gasteiger charge is -2.23. The molecule has 0 bridgehead atoms. The third-order valence-electron chi connectivity index (χ3n) is 2.19. The summed E-state index contributed by atoms with van der Waals surface area (Å²) in [6.45, 7) is 0. The van der Waals surface area contributed by atoms with Gasteiger partial charge in [-0.15, -0.1) is 0 Å². The largest absolute Gasteiger partial charge is 0.500 e. The Morgan fingerprint density at radius 1 is 1.11 bits per heavy atom. The third-order valence-corrected chi connectivity index (χ3v) is 11.3. The number of hydrogen-bond acceptors (Lipinski definition) is 8. The van der Waals surface area contributed by atoms with Crippen molar-refractivity contribution < 1.29 is 18.1 Å². The molecule has 0 saturated carbocycles. The van der Waals surface area contributed by atoms with Gasteiger partial charge < -0.3 is 18.2 Å². The van der Waals surface area contributed by atoms with Crippen LogP contribution in [0.2, 0.25) is 6.04 Å². The van der Waals surface area contributed by atoms with E-state index in [1.165, 1.54) is 20.6 Å². The summed E-state index contributed by atoms with van der Waals surface area (Å²) >= 11 is 0. The van der Waals surface area contributed by atoms with Crippen LogP contribution in [-0.2, 0) is 13.3 Å². The average molecular weight is 364 g/mol. The molecule has 0 atom stereocenters. The topological polar surface area (TPSA) is 48.0 Å². The van der Waals surface area contributed by atoms with Crippen molar-refractivity contribution >= 4 is 55.3 Å². The molecular formula is C9H21NO4S4Si. The van der Waals surface area contributed by atoms with Crippen molar-refractivity contribution in [1.29, 1.82) is 0 Å². The highest BCUT2D eigenvalue weighted by atomic mass is 33.7. The second-order valence-electron chi connectivity index (χ2n) is 3.60. The highest BCUT2D eigenvalue weighted by Crippen LogP contribution is 2.44.